The van der Waals surface area contributed by atoms with Gasteiger partial charge in [-0.2, -0.15) is 5.10 Å². The van der Waals surface area contributed by atoms with Crippen molar-refractivity contribution in [1.29, 1.82) is 0 Å². The fourth-order valence-electron chi connectivity index (χ4n) is 2.77. The first-order chi connectivity index (χ1) is 10.6. The highest BCUT2D eigenvalue weighted by molar-refractivity contribution is 7.71. The van der Waals surface area contributed by atoms with E-state index in [0.717, 1.165) is 18.7 Å². The van der Waals surface area contributed by atoms with E-state index in [9.17, 15) is 4.79 Å². The second-order valence-corrected chi connectivity index (χ2v) is 6.32. The van der Waals surface area contributed by atoms with Crippen LogP contribution in [-0.2, 0) is 23.0 Å². The molecule has 7 heteroatoms. The summed E-state index contributed by atoms with van der Waals surface area (Å²) in [6.07, 6.45) is 7.60. The summed E-state index contributed by atoms with van der Waals surface area (Å²) in [5.74, 6) is 0.781. The number of aromatic nitrogens is 3. The number of H-pyrrole nitrogens is 1. The lowest BCUT2D eigenvalue weighted by Gasteiger charge is -2.20. The zero-order chi connectivity index (χ0) is 15.9. The van der Waals surface area contributed by atoms with E-state index in [2.05, 4.69) is 15.5 Å². The van der Waals surface area contributed by atoms with Crippen LogP contribution in [0.2, 0.25) is 0 Å². The minimum Gasteiger partial charge on any atom is -0.365 e. The molecule has 0 aromatic carbocycles. The maximum atomic E-state index is 12.1. The maximum Gasteiger partial charge on any atom is 0.248 e. The van der Waals surface area contributed by atoms with Crippen LogP contribution < -0.4 is 5.32 Å². The molecule has 1 aromatic rings. The van der Waals surface area contributed by atoms with Crippen LogP contribution >= 0.6 is 12.2 Å². The summed E-state index contributed by atoms with van der Waals surface area (Å²) in [6.45, 7) is 2.36. The van der Waals surface area contributed by atoms with Crippen molar-refractivity contribution in [2.45, 2.75) is 64.1 Å². The zero-order valence-corrected chi connectivity index (χ0v) is 14.2. The van der Waals surface area contributed by atoms with Gasteiger partial charge in [0.1, 0.15) is 11.9 Å². The van der Waals surface area contributed by atoms with Crippen molar-refractivity contribution >= 4 is 18.1 Å². The Morgan fingerprint density at radius 3 is 2.73 bits per heavy atom. The molecule has 22 heavy (non-hydrogen) atoms. The number of carbonyl (C=O) groups is 1. The summed E-state index contributed by atoms with van der Waals surface area (Å²) < 4.78 is 8.31. The van der Waals surface area contributed by atoms with Gasteiger partial charge in [0.05, 0.1) is 6.10 Å². The fourth-order valence-corrected chi connectivity index (χ4v) is 2.92. The third kappa shape index (κ3) is 4.91. The van der Waals surface area contributed by atoms with Crippen LogP contribution in [0.4, 0.5) is 0 Å². The van der Waals surface area contributed by atoms with Crippen LogP contribution in [0.3, 0.4) is 0 Å². The SMILES string of the molecule is C[C@@H](OC1CCCCCC1)C(=O)NCCc1n[nH]c(=S)n1C. The smallest absolute Gasteiger partial charge is 0.248 e. The summed E-state index contributed by atoms with van der Waals surface area (Å²) >= 11 is 5.06. The number of ether oxygens (including phenoxy) is 1. The first kappa shape index (κ1) is 17.1. The van der Waals surface area contributed by atoms with Gasteiger partial charge in [-0.05, 0) is 32.0 Å². The van der Waals surface area contributed by atoms with E-state index < -0.39 is 6.10 Å². The Morgan fingerprint density at radius 2 is 2.14 bits per heavy atom. The molecule has 0 bridgehead atoms. The summed E-state index contributed by atoms with van der Waals surface area (Å²) in [5, 5.41) is 9.77. The molecule has 1 aromatic heterocycles. The Morgan fingerprint density at radius 1 is 1.45 bits per heavy atom. The van der Waals surface area contributed by atoms with E-state index in [1.54, 1.807) is 0 Å². The summed E-state index contributed by atoms with van der Waals surface area (Å²) in [6, 6.07) is 0. The maximum absolute atomic E-state index is 12.1. The molecule has 124 valence electrons. The van der Waals surface area contributed by atoms with Crippen molar-refractivity contribution in [3.05, 3.63) is 10.6 Å². The van der Waals surface area contributed by atoms with Crippen molar-refractivity contribution < 1.29 is 9.53 Å². The third-order valence-electron chi connectivity index (χ3n) is 4.19. The lowest BCUT2D eigenvalue weighted by atomic mass is 10.1. The van der Waals surface area contributed by atoms with Crippen LogP contribution in [0.15, 0.2) is 0 Å². The highest BCUT2D eigenvalue weighted by atomic mass is 32.1. The van der Waals surface area contributed by atoms with Crippen molar-refractivity contribution in [3.8, 4) is 0 Å². The molecule has 6 nitrogen and oxygen atoms in total. The minimum absolute atomic E-state index is 0.0546. The van der Waals surface area contributed by atoms with E-state index in [4.69, 9.17) is 17.0 Å². The van der Waals surface area contributed by atoms with Gasteiger partial charge >= 0.3 is 0 Å². The Balaban J connectivity index is 1.71. The molecule has 0 spiro atoms. The molecule has 0 aliphatic heterocycles. The number of hydrogen-bond acceptors (Lipinski definition) is 4. The predicted octanol–water partition coefficient (Wildman–Crippen LogP) is 2.26. The largest absolute Gasteiger partial charge is 0.365 e. The molecule has 0 saturated heterocycles. The molecular formula is C15H26N4O2S. The van der Waals surface area contributed by atoms with E-state index in [1.807, 2.05) is 18.5 Å². The Hall–Kier alpha value is -1.21. The van der Waals surface area contributed by atoms with E-state index in [-0.39, 0.29) is 12.0 Å². The topological polar surface area (TPSA) is 71.9 Å². The number of nitrogens with zero attached hydrogens (tertiary/aromatic N) is 2. The number of nitrogens with one attached hydrogen (secondary N) is 2. The zero-order valence-electron chi connectivity index (χ0n) is 13.4. The molecule has 1 aliphatic carbocycles. The van der Waals surface area contributed by atoms with Gasteiger partial charge in [-0.3, -0.25) is 9.89 Å². The van der Waals surface area contributed by atoms with Gasteiger partial charge in [0.2, 0.25) is 5.91 Å². The fraction of sp³-hybridized carbons (Fsp3) is 0.800. The van der Waals surface area contributed by atoms with Gasteiger partial charge in [-0.1, -0.05) is 25.7 Å². The molecule has 2 rings (SSSR count). The molecule has 1 saturated carbocycles. The second-order valence-electron chi connectivity index (χ2n) is 5.94. The van der Waals surface area contributed by atoms with Gasteiger partial charge in [-0.25, -0.2) is 0 Å². The van der Waals surface area contributed by atoms with Crippen molar-refractivity contribution in [3.63, 3.8) is 0 Å². The van der Waals surface area contributed by atoms with Crippen molar-refractivity contribution in [2.24, 2.45) is 7.05 Å². The number of amides is 1. The average Bonchev–Trinajstić information content (AvgIpc) is 2.72. The highest BCUT2D eigenvalue weighted by Gasteiger charge is 2.20. The van der Waals surface area contributed by atoms with Crippen LogP contribution in [-0.4, -0.2) is 39.4 Å². The molecule has 1 amide bonds. The first-order valence-electron chi connectivity index (χ1n) is 8.11. The lowest BCUT2D eigenvalue weighted by molar-refractivity contribution is -0.135. The van der Waals surface area contributed by atoms with Crippen LogP contribution in [0, 0.1) is 4.77 Å². The number of rotatable bonds is 6. The van der Waals surface area contributed by atoms with E-state index in [1.165, 1.54) is 25.7 Å². The molecular weight excluding hydrogens is 300 g/mol. The van der Waals surface area contributed by atoms with E-state index >= 15 is 0 Å². The summed E-state index contributed by atoms with van der Waals surface area (Å²) in [5.41, 5.74) is 0. The molecule has 1 heterocycles. The Kier molecular flexibility index (Phi) is 6.57. The summed E-state index contributed by atoms with van der Waals surface area (Å²) in [4.78, 5) is 12.1. The third-order valence-corrected chi connectivity index (χ3v) is 4.55. The molecule has 0 radical (unpaired) electrons. The molecule has 0 unspecified atom stereocenters. The van der Waals surface area contributed by atoms with Crippen LogP contribution in [0.5, 0.6) is 0 Å². The standard InChI is InChI=1S/C15H26N4O2S/c1-11(21-12-7-5-3-4-6-8-12)14(20)16-10-9-13-17-18-15(22)19(13)2/h11-12H,3-10H2,1-2H3,(H,16,20)(H,18,22)/t11-/m1/s1. The van der Waals surface area contributed by atoms with Crippen molar-refractivity contribution in [2.75, 3.05) is 6.54 Å². The highest BCUT2D eigenvalue weighted by Crippen LogP contribution is 2.20. The van der Waals surface area contributed by atoms with Crippen LogP contribution in [0.1, 0.15) is 51.3 Å². The molecule has 1 atom stereocenters. The second kappa shape index (κ2) is 8.43. The molecule has 1 fully saturated rings. The monoisotopic (exact) mass is 326 g/mol. The van der Waals surface area contributed by atoms with Crippen molar-refractivity contribution in [1.82, 2.24) is 20.1 Å². The van der Waals surface area contributed by atoms with Gasteiger partial charge in [0.15, 0.2) is 4.77 Å². The van der Waals surface area contributed by atoms with Gasteiger partial charge < -0.3 is 14.6 Å². The minimum atomic E-state index is -0.398. The molecule has 1 aliphatic rings. The Labute approximate surface area is 136 Å². The summed E-state index contributed by atoms with van der Waals surface area (Å²) in [7, 11) is 1.86. The van der Waals surface area contributed by atoms with E-state index in [0.29, 0.717) is 17.7 Å². The van der Waals surface area contributed by atoms with Gasteiger partial charge in [0.25, 0.3) is 0 Å². The van der Waals surface area contributed by atoms with Crippen LogP contribution in [0.25, 0.3) is 0 Å². The normalized spacial score (nSPS) is 17.9. The van der Waals surface area contributed by atoms with Gasteiger partial charge in [0, 0.05) is 20.0 Å². The average molecular weight is 326 g/mol. The molecule has 2 N–H and O–H groups in total. The first-order valence-corrected chi connectivity index (χ1v) is 8.52. The Bertz CT molecular complexity index is 532. The number of carbonyl (C=O) groups excluding carboxylic acids is 1. The number of hydrogen-bond donors (Lipinski definition) is 2. The lowest BCUT2D eigenvalue weighted by Crippen LogP contribution is -2.38. The number of aromatic amines is 1. The predicted molar refractivity (Wildman–Crippen MR) is 87.1 cm³/mol. The quantitative estimate of drug-likeness (QED) is 0.621. The van der Waals surface area contributed by atoms with Gasteiger partial charge in [-0.15, -0.1) is 0 Å².